The van der Waals surface area contributed by atoms with Gasteiger partial charge in [0, 0.05) is 5.56 Å². The summed E-state index contributed by atoms with van der Waals surface area (Å²) in [6.07, 6.45) is 0. The van der Waals surface area contributed by atoms with Crippen molar-refractivity contribution >= 4 is 44.7 Å². The maximum Gasteiger partial charge on any atom is 0.227 e. The average Bonchev–Trinajstić information content (AvgIpc) is 2.51. The van der Waals surface area contributed by atoms with Gasteiger partial charge in [0.25, 0.3) is 0 Å². The first kappa shape index (κ1) is 13.4. The summed E-state index contributed by atoms with van der Waals surface area (Å²) in [6.45, 7) is 0. The van der Waals surface area contributed by atoms with Crippen LogP contribution in [0.5, 0.6) is 0 Å². The van der Waals surface area contributed by atoms with Crippen LogP contribution in [0.3, 0.4) is 0 Å². The predicted octanol–water partition coefficient (Wildman–Crippen LogP) is 5.15. The Hall–Kier alpha value is -2.23. The zero-order chi connectivity index (χ0) is 15.1. The van der Waals surface area contributed by atoms with E-state index in [0.717, 1.165) is 21.7 Å². The van der Waals surface area contributed by atoms with Gasteiger partial charge in [-0.3, -0.25) is 0 Å². The van der Waals surface area contributed by atoms with E-state index in [0.29, 0.717) is 5.82 Å². The first-order valence-corrected chi connectivity index (χ1v) is 7.45. The molecule has 0 unspecified atom stereocenters. The molecule has 1 heterocycles. The molecule has 0 aliphatic rings. The van der Waals surface area contributed by atoms with Gasteiger partial charge in [-0.2, -0.15) is 15.0 Å². The molecular weight excluding hydrogens is 317 g/mol. The van der Waals surface area contributed by atoms with Gasteiger partial charge in [0.05, 0.1) is 0 Å². The lowest BCUT2D eigenvalue weighted by Crippen LogP contribution is -1.94. The van der Waals surface area contributed by atoms with Gasteiger partial charge in [-0.1, -0.05) is 42.5 Å². The highest BCUT2D eigenvalue weighted by Crippen LogP contribution is 2.30. The number of hydrogen-bond acceptors (Lipinski definition) is 3. The number of fused-ring (bicyclic) bond motifs is 2. The molecule has 0 bridgehead atoms. The Balaban J connectivity index is 2.07. The summed E-state index contributed by atoms with van der Waals surface area (Å²) in [6, 6.07) is 18.5. The van der Waals surface area contributed by atoms with Crippen LogP contribution in [0, 0.1) is 0 Å². The first-order valence-electron chi connectivity index (χ1n) is 6.70. The third kappa shape index (κ3) is 2.28. The lowest BCUT2D eigenvalue weighted by atomic mass is 9.99. The summed E-state index contributed by atoms with van der Waals surface area (Å²) in [4.78, 5) is 12.2. The van der Waals surface area contributed by atoms with Crippen molar-refractivity contribution in [3.8, 4) is 11.4 Å². The molecule has 1 aromatic heterocycles. The standard InChI is InChI=1S/C17H9Cl2N3/c18-16-20-15(21-17(19)22-16)13-7-3-6-12-8-10-4-1-2-5-11(10)9-14(12)13/h1-9H. The highest BCUT2D eigenvalue weighted by molar-refractivity contribution is 6.31. The zero-order valence-corrected chi connectivity index (χ0v) is 12.8. The van der Waals surface area contributed by atoms with Crippen molar-refractivity contribution in [1.82, 2.24) is 15.0 Å². The van der Waals surface area contributed by atoms with Gasteiger partial charge >= 0.3 is 0 Å². The maximum absolute atomic E-state index is 5.90. The van der Waals surface area contributed by atoms with Crippen LogP contribution in [0.25, 0.3) is 32.9 Å². The molecule has 4 rings (SSSR count). The van der Waals surface area contributed by atoms with Crippen molar-refractivity contribution in [3.63, 3.8) is 0 Å². The van der Waals surface area contributed by atoms with Gasteiger partial charge in [-0.25, -0.2) is 0 Å². The second-order valence-electron chi connectivity index (χ2n) is 4.92. The van der Waals surface area contributed by atoms with Crippen LogP contribution in [0.4, 0.5) is 0 Å². The number of hydrogen-bond donors (Lipinski definition) is 0. The topological polar surface area (TPSA) is 38.7 Å². The fourth-order valence-electron chi connectivity index (χ4n) is 2.61. The second kappa shape index (κ2) is 5.20. The average molecular weight is 326 g/mol. The molecule has 0 saturated carbocycles. The highest BCUT2D eigenvalue weighted by Gasteiger charge is 2.10. The van der Waals surface area contributed by atoms with Gasteiger partial charge in [0.1, 0.15) is 0 Å². The Labute approximate surface area is 136 Å². The van der Waals surface area contributed by atoms with Crippen LogP contribution in [0.1, 0.15) is 0 Å². The Morgan fingerprint density at radius 1 is 0.636 bits per heavy atom. The minimum atomic E-state index is 0.0905. The van der Waals surface area contributed by atoms with Crippen molar-refractivity contribution in [3.05, 3.63) is 65.2 Å². The SMILES string of the molecule is Clc1nc(Cl)nc(-c2cccc3cc4ccccc4cc23)n1. The van der Waals surface area contributed by atoms with Crippen LogP contribution in [-0.4, -0.2) is 15.0 Å². The Morgan fingerprint density at radius 2 is 1.27 bits per heavy atom. The van der Waals surface area contributed by atoms with E-state index in [2.05, 4.69) is 45.3 Å². The maximum atomic E-state index is 5.90. The Kier molecular flexibility index (Phi) is 3.17. The summed E-state index contributed by atoms with van der Waals surface area (Å²) in [5.41, 5.74) is 0.884. The first-order chi connectivity index (χ1) is 10.7. The molecular formula is C17H9Cl2N3. The minimum absolute atomic E-state index is 0.0905. The number of rotatable bonds is 1. The zero-order valence-electron chi connectivity index (χ0n) is 11.3. The van der Waals surface area contributed by atoms with Crippen LogP contribution in [0.2, 0.25) is 10.6 Å². The molecule has 0 aliphatic carbocycles. The number of nitrogens with zero attached hydrogens (tertiary/aromatic N) is 3. The molecule has 0 amide bonds. The lowest BCUT2D eigenvalue weighted by molar-refractivity contribution is 1.06. The second-order valence-corrected chi connectivity index (χ2v) is 5.60. The molecule has 0 atom stereocenters. The quantitative estimate of drug-likeness (QED) is 0.454. The Bertz CT molecular complexity index is 995. The van der Waals surface area contributed by atoms with E-state index in [4.69, 9.17) is 23.2 Å². The number of benzene rings is 3. The van der Waals surface area contributed by atoms with E-state index in [1.807, 2.05) is 24.3 Å². The molecule has 0 fully saturated rings. The van der Waals surface area contributed by atoms with Crippen molar-refractivity contribution in [1.29, 1.82) is 0 Å². The van der Waals surface area contributed by atoms with E-state index >= 15 is 0 Å². The van der Waals surface area contributed by atoms with E-state index in [9.17, 15) is 0 Å². The third-order valence-corrected chi connectivity index (χ3v) is 3.91. The molecule has 0 saturated heterocycles. The molecule has 0 spiro atoms. The fraction of sp³-hybridized carbons (Fsp3) is 0. The molecule has 106 valence electrons. The van der Waals surface area contributed by atoms with Crippen LogP contribution < -0.4 is 0 Å². The van der Waals surface area contributed by atoms with E-state index < -0.39 is 0 Å². The van der Waals surface area contributed by atoms with Gasteiger partial charge in [-0.05, 0) is 56.9 Å². The summed E-state index contributed by atoms with van der Waals surface area (Å²) >= 11 is 11.8. The molecule has 0 aliphatic heterocycles. The van der Waals surface area contributed by atoms with Gasteiger partial charge < -0.3 is 0 Å². The summed E-state index contributed by atoms with van der Waals surface area (Å²) in [5.74, 6) is 0.478. The monoisotopic (exact) mass is 325 g/mol. The molecule has 22 heavy (non-hydrogen) atoms. The lowest BCUT2D eigenvalue weighted by Gasteiger charge is -2.08. The summed E-state index contributed by atoms with van der Waals surface area (Å²) in [5, 5.41) is 4.71. The molecule has 3 nitrogen and oxygen atoms in total. The number of aromatic nitrogens is 3. The van der Waals surface area contributed by atoms with Crippen LogP contribution in [0.15, 0.2) is 54.6 Å². The summed E-state index contributed by atoms with van der Waals surface area (Å²) in [7, 11) is 0. The van der Waals surface area contributed by atoms with Crippen LogP contribution >= 0.6 is 23.2 Å². The molecule has 5 heteroatoms. The molecule has 0 radical (unpaired) electrons. The van der Waals surface area contributed by atoms with Crippen molar-refractivity contribution in [2.45, 2.75) is 0 Å². The molecule has 0 N–H and O–H groups in total. The molecule has 3 aromatic carbocycles. The normalized spacial score (nSPS) is 11.2. The van der Waals surface area contributed by atoms with E-state index in [1.165, 1.54) is 5.39 Å². The van der Waals surface area contributed by atoms with E-state index in [1.54, 1.807) is 0 Å². The minimum Gasteiger partial charge on any atom is -0.198 e. The molecule has 4 aromatic rings. The summed E-state index contributed by atoms with van der Waals surface area (Å²) < 4.78 is 0. The highest BCUT2D eigenvalue weighted by atomic mass is 35.5. The van der Waals surface area contributed by atoms with Crippen molar-refractivity contribution < 1.29 is 0 Å². The predicted molar refractivity (Wildman–Crippen MR) is 90.3 cm³/mol. The van der Waals surface area contributed by atoms with E-state index in [-0.39, 0.29) is 10.6 Å². The van der Waals surface area contributed by atoms with Crippen molar-refractivity contribution in [2.24, 2.45) is 0 Å². The van der Waals surface area contributed by atoms with Crippen LogP contribution in [-0.2, 0) is 0 Å². The van der Waals surface area contributed by atoms with Gasteiger partial charge in [-0.15, -0.1) is 0 Å². The fourth-order valence-corrected chi connectivity index (χ4v) is 2.97. The van der Waals surface area contributed by atoms with Gasteiger partial charge in [0.15, 0.2) is 5.82 Å². The van der Waals surface area contributed by atoms with Crippen molar-refractivity contribution in [2.75, 3.05) is 0 Å². The Morgan fingerprint density at radius 3 is 2.00 bits per heavy atom. The van der Waals surface area contributed by atoms with Gasteiger partial charge in [0.2, 0.25) is 10.6 Å². The number of halogens is 2. The smallest absolute Gasteiger partial charge is 0.198 e. The third-order valence-electron chi connectivity index (χ3n) is 3.57. The largest absolute Gasteiger partial charge is 0.227 e.